The lowest BCUT2D eigenvalue weighted by Gasteiger charge is -2.13. The Balaban J connectivity index is 1.69. The molecule has 7 heteroatoms. The minimum absolute atomic E-state index is 0.164. The van der Waals surface area contributed by atoms with Crippen LogP contribution in [0.5, 0.6) is 11.5 Å². The number of hydrogen-bond acceptors (Lipinski definition) is 5. The highest BCUT2D eigenvalue weighted by atomic mass is 16.5. The molecule has 30 heavy (non-hydrogen) atoms. The van der Waals surface area contributed by atoms with Crippen molar-refractivity contribution in [1.82, 2.24) is 19.8 Å². The summed E-state index contributed by atoms with van der Waals surface area (Å²) in [5.74, 6) is 1.99. The number of nitrogens with one attached hydrogen (secondary N) is 1. The molecule has 1 N–H and O–H groups in total. The summed E-state index contributed by atoms with van der Waals surface area (Å²) >= 11 is 0. The fourth-order valence-corrected chi connectivity index (χ4v) is 3.44. The predicted octanol–water partition coefficient (Wildman–Crippen LogP) is 2.98. The molecule has 1 heterocycles. The predicted molar refractivity (Wildman–Crippen MR) is 118 cm³/mol. The average Bonchev–Trinajstić information content (AvgIpc) is 3.10. The number of benzene rings is 2. The Labute approximate surface area is 177 Å². The molecule has 160 valence electrons. The first-order chi connectivity index (χ1) is 14.5. The molecule has 0 aliphatic heterocycles. The summed E-state index contributed by atoms with van der Waals surface area (Å²) < 4.78 is 12.8. The van der Waals surface area contributed by atoms with E-state index in [0.29, 0.717) is 30.0 Å². The van der Waals surface area contributed by atoms with Gasteiger partial charge in [-0.3, -0.25) is 4.79 Å². The molecule has 0 saturated heterocycles. The normalized spacial score (nSPS) is 11.1. The molecular weight excluding hydrogens is 380 g/mol. The van der Waals surface area contributed by atoms with Crippen LogP contribution in [0.3, 0.4) is 0 Å². The Morgan fingerprint density at radius 3 is 2.47 bits per heavy atom. The molecule has 0 saturated carbocycles. The van der Waals surface area contributed by atoms with Crippen LogP contribution in [0.2, 0.25) is 0 Å². The van der Waals surface area contributed by atoms with Gasteiger partial charge in [-0.25, -0.2) is 4.98 Å². The summed E-state index contributed by atoms with van der Waals surface area (Å²) in [5, 5.41) is 2.98. The van der Waals surface area contributed by atoms with Crippen molar-refractivity contribution in [2.75, 3.05) is 41.4 Å². The SMILES string of the molecule is COc1cc(OC)cc(C(=O)NCCc2nc3ccccc3n2CCCN(C)C)c1. The average molecular weight is 411 g/mol. The lowest BCUT2D eigenvalue weighted by atomic mass is 10.2. The highest BCUT2D eigenvalue weighted by Gasteiger charge is 2.13. The number of amides is 1. The van der Waals surface area contributed by atoms with Gasteiger partial charge in [0.15, 0.2) is 0 Å². The van der Waals surface area contributed by atoms with E-state index >= 15 is 0 Å². The number of para-hydroxylation sites is 2. The third-order valence-electron chi connectivity index (χ3n) is 4.97. The number of hydrogen-bond donors (Lipinski definition) is 1. The second kappa shape index (κ2) is 10.1. The van der Waals surface area contributed by atoms with Gasteiger partial charge < -0.3 is 24.3 Å². The van der Waals surface area contributed by atoms with Gasteiger partial charge in [0.25, 0.3) is 5.91 Å². The monoisotopic (exact) mass is 410 g/mol. The first-order valence-corrected chi connectivity index (χ1v) is 10.1. The first-order valence-electron chi connectivity index (χ1n) is 10.1. The second-order valence-corrected chi connectivity index (χ2v) is 7.43. The molecule has 7 nitrogen and oxygen atoms in total. The van der Waals surface area contributed by atoms with Gasteiger partial charge in [-0.1, -0.05) is 12.1 Å². The van der Waals surface area contributed by atoms with Crippen LogP contribution in [0, 0.1) is 0 Å². The third-order valence-corrected chi connectivity index (χ3v) is 4.97. The number of aryl methyl sites for hydroxylation is 1. The van der Waals surface area contributed by atoms with E-state index in [1.807, 2.05) is 18.2 Å². The van der Waals surface area contributed by atoms with E-state index in [9.17, 15) is 4.79 Å². The number of fused-ring (bicyclic) bond motifs is 1. The van der Waals surface area contributed by atoms with Crippen LogP contribution < -0.4 is 14.8 Å². The Bertz CT molecular complexity index is 975. The quantitative estimate of drug-likeness (QED) is 0.557. The highest BCUT2D eigenvalue weighted by Crippen LogP contribution is 2.22. The summed E-state index contributed by atoms with van der Waals surface area (Å²) in [6.45, 7) is 2.41. The standard InChI is InChI=1S/C23H30N4O3/c1-26(2)12-7-13-27-21-9-6-5-8-20(21)25-22(27)10-11-24-23(28)17-14-18(29-3)16-19(15-17)30-4/h5-6,8-9,14-16H,7,10-13H2,1-4H3,(H,24,28). The largest absolute Gasteiger partial charge is 0.497 e. The second-order valence-electron chi connectivity index (χ2n) is 7.43. The maximum Gasteiger partial charge on any atom is 0.251 e. The lowest BCUT2D eigenvalue weighted by Crippen LogP contribution is -2.26. The van der Waals surface area contributed by atoms with Crippen LogP contribution in [0.15, 0.2) is 42.5 Å². The van der Waals surface area contributed by atoms with Crippen molar-refractivity contribution in [3.8, 4) is 11.5 Å². The lowest BCUT2D eigenvalue weighted by molar-refractivity contribution is 0.0953. The van der Waals surface area contributed by atoms with Crippen LogP contribution in [0.25, 0.3) is 11.0 Å². The maximum absolute atomic E-state index is 12.6. The van der Waals surface area contributed by atoms with Crippen molar-refractivity contribution in [3.05, 3.63) is 53.9 Å². The van der Waals surface area contributed by atoms with Gasteiger partial charge in [0.2, 0.25) is 0 Å². The van der Waals surface area contributed by atoms with Crippen LogP contribution in [-0.4, -0.2) is 61.8 Å². The van der Waals surface area contributed by atoms with E-state index in [1.54, 1.807) is 32.4 Å². The Hall–Kier alpha value is -3.06. The zero-order chi connectivity index (χ0) is 21.5. The van der Waals surface area contributed by atoms with E-state index < -0.39 is 0 Å². The number of carbonyl (C=O) groups excluding carboxylic acids is 1. The summed E-state index contributed by atoms with van der Waals surface area (Å²) in [7, 11) is 7.29. The molecule has 0 aliphatic carbocycles. The number of imidazole rings is 1. The smallest absolute Gasteiger partial charge is 0.251 e. The summed E-state index contributed by atoms with van der Waals surface area (Å²) in [4.78, 5) is 19.6. The van der Waals surface area contributed by atoms with Gasteiger partial charge in [-0.2, -0.15) is 0 Å². The van der Waals surface area contributed by atoms with Crippen LogP contribution in [-0.2, 0) is 13.0 Å². The zero-order valence-corrected chi connectivity index (χ0v) is 18.1. The van der Waals surface area contributed by atoms with Crippen LogP contribution in [0.1, 0.15) is 22.6 Å². The molecule has 0 spiro atoms. The molecule has 1 amide bonds. The van der Waals surface area contributed by atoms with E-state index in [0.717, 1.165) is 36.4 Å². The fraction of sp³-hybridized carbons (Fsp3) is 0.391. The van der Waals surface area contributed by atoms with Crippen molar-refractivity contribution < 1.29 is 14.3 Å². The van der Waals surface area contributed by atoms with Crippen molar-refractivity contribution in [1.29, 1.82) is 0 Å². The van der Waals surface area contributed by atoms with Gasteiger partial charge in [0, 0.05) is 31.1 Å². The number of methoxy groups -OCH3 is 2. The summed E-state index contributed by atoms with van der Waals surface area (Å²) in [5.41, 5.74) is 2.63. The molecular formula is C23H30N4O3. The van der Waals surface area contributed by atoms with Crippen molar-refractivity contribution in [2.45, 2.75) is 19.4 Å². The summed E-state index contributed by atoms with van der Waals surface area (Å²) in [6, 6.07) is 13.3. The molecule has 2 aromatic carbocycles. The molecule has 0 unspecified atom stereocenters. The van der Waals surface area contributed by atoms with Crippen molar-refractivity contribution in [3.63, 3.8) is 0 Å². The Morgan fingerprint density at radius 1 is 1.10 bits per heavy atom. The van der Waals surface area contributed by atoms with Gasteiger partial charge in [0.05, 0.1) is 25.3 Å². The van der Waals surface area contributed by atoms with E-state index in [1.165, 1.54) is 0 Å². The topological polar surface area (TPSA) is 68.6 Å². The van der Waals surface area contributed by atoms with Gasteiger partial charge in [0.1, 0.15) is 17.3 Å². The minimum atomic E-state index is -0.164. The zero-order valence-electron chi connectivity index (χ0n) is 18.1. The van der Waals surface area contributed by atoms with E-state index in [-0.39, 0.29) is 5.91 Å². The Kier molecular flexibility index (Phi) is 7.30. The molecule has 3 rings (SSSR count). The van der Waals surface area contributed by atoms with Crippen LogP contribution in [0.4, 0.5) is 0 Å². The number of carbonyl (C=O) groups is 1. The van der Waals surface area contributed by atoms with Gasteiger partial charge in [-0.15, -0.1) is 0 Å². The van der Waals surface area contributed by atoms with Crippen molar-refractivity contribution in [2.24, 2.45) is 0 Å². The van der Waals surface area contributed by atoms with Gasteiger partial charge >= 0.3 is 0 Å². The number of ether oxygens (including phenoxy) is 2. The number of rotatable bonds is 10. The van der Waals surface area contributed by atoms with Crippen LogP contribution >= 0.6 is 0 Å². The minimum Gasteiger partial charge on any atom is -0.497 e. The molecule has 3 aromatic rings. The van der Waals surface area contributed by atoms with Crippen molar-refractivity contribution >= 4 is 16.9 Å². The molecule has 0 bridgehead atoms. The maximum atomic E-state index is 12.6. The van der Waals surface area contributed by atoms with Gasteiger partial charge in [-0.05, 0) is 51.3 Å². The van der Waals surface area contributed by atoms with E-state index in [2.05, 4.69) is 34.9 Å². The molecule has 0 fully saturated rings. The Morgan fingerprint density at radius 2 is 1.80 bits per heavy atom. The third kappa shape index (κ3) is 5.30. The molecule has 0 radical (unpaired) electrons. The van der Waals surface area contributed by atoms with E-state index in [4.69, 9.17) is 14.5 Å². The highest BCUT2D eigenvalue weighted by molar-refractivity contribution is 5.95. The fourth-order valence-electron chi connectivity index (χ4n) is 3.44. The molecule has 0 aliphatic rings. The number of nitrogens with zero attached hydrogens (tertiary/aromatic N) is 3. The number of aromatic nitrogens is 2. The first kappa shape index (κ1) is 21.6. The molecule has 1 aromatic heterocycles. The molecule has 0 atom stereocenters. The summed E-state index contributed by atoms with van der Waals surface area (Å²) in [6.07, 6.45) is 1.69.